The number of nitrogens with two attached hydrogens (primary N) is 1. The van der Waals surface area contributed by atoms with Crippen molar-refractivity contribution in [3.63, 3.8) is 0 Å². The minimum Gasteiger partial charge on any atom is -0.336 e. The third-order valence-corrected chi connectivity index (χ3v) is 5.01. The number of hydrogen-bond acceptors (Lipinski definition) is 2. The fourth-order valence-electron chi connectivity index (χ4n) is 3.05. The molecule has 1 amide bonds. The molecule has 0 spiro atoms. The summed E-state index contributed by atoms with van der Waals surface area (Å²) in [4.78, 5) is 14.7. The lowest BCUT2D eigenvalue weighted by molar-refractivity contribution is 0.0651. The maximum atomic E-state index is 12.8. The normalized spacial score (nSPS) is 22.0. The van der Waals surface area contributed by atoms with Crippen LogP contribution >= 0.6 is 27.5 Å². The summed E-state index contributed by atoms with van der Waals surface area (Å²) in [7, 11) is 0. The van der Waals surface area contributed by atoms with Gasteiger partial charge < -0.3 is 10.6 Å². The van der Waals surface area contributed by atoms with E-state index in [1.54, 1.807) is 12.1 Å². The molecule has 1 aliphatic carbocycles. The lowest BCUT2D eigenvalue weighted by Crippen LogP contribution is -2.44. The van der Waals surface area contributed by atoms with E-state index in [0.717, 1.165) is 23.7 Å². The summed E-state index contributed by atoms with van der Waals surface area (Å²) >= 11 is 9.45. The lowest BCUT2D eigenvalue weighted by atomic mass is 10.0. The molecule has 3 nitrogen and oxygen atoms in total. The first kappa shape index (κ1) is 15.8. The number of halogens is 2. The standard InChI is InChI=1S/C15H20BrClN2O/c1-2-19(14-5-3-4-10(14)9-18)15(20)12-8-11(17)6-7-13(12)16/h6-8,10,14H,2-5,9,18H2,1H3. The second-order valence-corrected chi connectivity index (χ2v) is 6.50. The van der Waals surface area contributed by atoms with Crippen LogP contribution in [-0.2, 0) is 0 Å². The Balaban J connectivity index is 2.27. The molecule has 0 aromatic heterocycles. The fourth-order valence-corrected chi connectivity index (χ4v) is 3.64. The average molecular weight is 360 g/mol. The second kappa shape index (κ2) is 6.92. The molecular formula is C15H20BrClN2O. The summed E-state index contributed by atoms with van der Waals surface area (Å²) in [5.41, 5.74) is 6.47. The van der Waals surface area contributed by atoms with Crippen molar-refractivity contribution < 1.29 is 4.79 Å². The Hall–Kier alpha value is -0.580. The highest BCUT2D eigenvalue weighted by molar-refractivity contribution is 9.10. The number of benzene rings is 1. The minimum atomic E-state index is 0.0345. The van der Waals surface area contributed by atoms with E-state index in [9.17, 15) is 4.79 Å². The Bertz CT molecular complexity index is 495. The van der Waals surface area contributed by atoms with E-state index < -0.39 is 0 Å². The van der Waals surface area contributed by atoms with Crippen LogP contribution in [0.2, 0.25) is 5.02 Å². The van der Waals surface area contributed by atoms with Crippen molar-refractivity contribution in [1.82, 2.24) is 4.90 Å². The molecule has 1 aromatic rings. The summed E-state index contributed by atoms with van der Waals surface area (Å²) in [6.45, 7) is 3.35. The Labute approximate surface area is 133 Å². The highest BCUT2D eigenvalue weighted by Gasteiger charge is 2.33. The van der Waals surface area contributed by atoms with E-state index in [2.05, 4.69) is 15.9 Å². The van der Waals surface area contributed by atoms with Gasteiger partial charge in [0.25, 0.3) is 5.91 Å². The van der Waals surface area contributed by atoms with Gasteiger partial charge in [-0.3, -0.25) is 4.79 Å². The van der Waals surface area contributed by atoms with Crippen LogP contribution in [0.25, 0.3) is 0 Å². The number of amides is 1. The second-order valence-electron chi connectivity index (χ2n) is 5.21. The van der Waals surface area contributed by atoms with Crippen LogP contribution in [0, 0.1) is 5.92 Å². The molecule has 110 valence electrons. The van der Waals surface area contributed by atoms with Gasteiger partial charge in [0.2, 0.25) is 0 Å². The van der Waals surface area contributed by atoms with Crippen LogP contribution in [0.15, 0.2) is 22.7 Å². The first-order valence-electron chi connectivity index (χ1n) is 7.04. The molecule has 0 saturated heterocycles. The Morgan fingerprint density at radius 3 is 2.90 bits per heavy atom. The predicted octanol–water partition coefficient (Wildman–Crippen LogP) is 3.69. The smallest absolute Gasteiger partial charge is 0.255 e. The molecule has 0 heterocycles. The third kappa shape index (κ3) is 3.18. The Morgan fingerprint density at radius 1 is 1.50 bits per heavy atom. The van der Waals surface area contributed by atoms with Gasteiger partial charge >= 0.3 is 0 Å². The number of carbonyl (C=O) groups excluding carboxylic acids is 1. The highest BCUT2D eigenvalue weighted by atomic mass is 79.9. The summed E-state index contributed by atoms with van der Waals surface area (Å²) in [5, 5.41) is 0.578. The van der Waals surface area contributed by atoms with Crippen molar-refractivity contribution >= 4 is 33.4 Å². The van der Waals surface area contributed by atoms with Gasteiger partial charge in [0.15, 0.2) is 0 Å². The van der Waals surface area contributed by atoms with Gasteiger partial charge in [-0.25, -0.2) is 0 Å². The van der Waals surface area contributed by atoms with Crippen molar-refractivity contribution in [3.05, 3.63) is 33.3 Å². The van der Waals surface area contributed by atoms with Crippen molar-refractivity contribution in [2.75, 3.05) is 13.1 Å². The molecule has 0 radical (unpaired) electrons. The van der Waals surface area contributed by atoms with Crippen molar-refractivity contribution in [2.24, 2.45) is 11.7 Å². The van der Waals surface area contributed by atoms with Crippen molar-refractivity contribution in [3.8, 4) is 0 Å². The van der Waals surface area contributed by atoms with Crippen LogP contribution in [-0.4, -0.2) is 29.9 Å². The highest BCUT2D eigenvalue weighted by Crippen LogP contribution is 2.31. The van der Waals surface area contributed by atoms with Gasteiger partial charge in [-0.1, -0.05) is 18.0 Å². The largest absolute Gasteiger partial charge is 0.336 e. The van der Waals surface area contributed by atoms with E-state index in [-0.39, 0.29) is 11.9 Å². The monoisotopic (exact) mass is 358 g/mol. The van der Waals surface area contributed by atoms with E-state index in [4.69, 9.17) is 17.3 Å². The average Bonchev–Trinajstić information content (AvgIpc) is 2.90. The van der Waals surface area contributed by atoms with Crippen molar-refractivity contribution in [2.45, 2.75) is 32.2 Å². The summed E-state index contributed by atoms with van der Waals surface area (Å²) in [6.07, 6.45) is 3.30. The quantitative estimate of drug-likeness (QED) is 0.891. The minimum absolute atomic E-state index is 0.0345. The van der Waals surface area contributed by atoms with E-state index in [1.807, 2.05) is 17.9 Å². The third-order valence-electron chi connectivity index (χ3n) is 4.08. The number of hydrogen-bond donors (Lipinski definition) is 1. The predicted molar refractivity (Wildman–Crippen MR) is 86.0 cm³/mol. The summed E-state index contributed by atoms with van der Waals surface area (Å²) in [5.74, 6) is 0.448. The van der Waals surface area contributed by atoms with Crippen LogP contribution in [0.5, 0.6) is 0 Å². The molecule has 2 unspecified atom stereocenters. The van der Waals surface area contributed by atoms with E-state index in [1.165, 1.54) is 0 Å². The first-order valence-corrected chi connectivity index (χ1v) is 8.21. The molecule has 20 heavy (non-hydrogen) atoms. The molecule has 0 aliphatic heterocycles. The maximum Gasteiger partial charge on any atom is 0.255 e. The molecule has 1 aromatic carbocycles. The summed E-state index contributed by atoms with van der Waals surface area (Å²) in [6, 6.07) is 5.57. The van der Waals surface area contributed by atoms with Crippen LogP contribution < -0.4 is 5.73 Å². The first-order chi connectivity index (χ1) is 9.58. The summed E-state index contributed by atoms with van der Waals surface area (Å²) < 4.78 is 0.785. The van der Waals surface area contributed by atoms with E-state index in [0.29, 0.717) is 29.6 Å². The number of carbonyl (C=O) groups is 1. The van der Waals surface area contributed by atoms with Crippen LogP contribution in [0.1, 0.15) is 36.5 Å². The molecule has 1 aliphatic rings. The Morgan fingerprint density at radius 2 is 2.25 bits per heavy atom. The zero-order chi connectivity index (χ0) is 14.7. The lowest BCUT2D eigenvalue weighted by Gasteiger charge is -2.32. The number of nitrogens with zero attached hydrogens (tertiary/aromatic N) is 1. The fraction of sp³-hybridized carbons (Fsp3) is 0.533. The Kier molecular flexibility index (Phi) is 5.47. The van der Waals surface area contributed by atoms with Gasteiger partial charge in [-0.2, -0.15) is 0 Å². The molecule has 1 saturated carbocycles. The van der Waals surface area contributed by atoms with Gasteiger partial charge in [0.1, 0.15) is 0 Å². The van der Waals surface area contributed by atoms with Crippen LogP contribution in [0.4, 0.5) is 0 Å². The van der Waals surface area contributed by atoms with Gasteiger partial charge in [0.05, 0.1) is 5.56 Å². The number of rotatable bonds is 4. The SMILES string of the molecule is CCN(C(=O)c1cc(Cl)ccc1Br)C1CCCC1CN. The molecular weight excluding hydrogens is 340 g/mol. The van der Waals surface area contributed by atoms with Gasteiger partial charge in [-0.15, -0.1) is 0 Å². The zero-order valence-corrected chi connectivity index (χ0v) is 14.0. The van der Waals surface area contributed by atoms with E-state index >= 15 is 0 Å². The maximum absolute atomic E-state index is 12.8. The molecule has 5 heteroatoms. The molecule has 2 atom stereocenters. The molecule has 0 bridgehead atoms. The van der Waals surface area contributed by atoms with Crippen molar-refractivity contribution in [1.29, 1.82) is 0 Å². The molecule has 1 fully saturated rings. The topological polar surface area (TPSA) is 46.3 Å². The molecule has 2 N–H and O–H groups in total. The zero-order valence-electron chi connectivity index (χ0n) is 11.6. The van der Waals surface area contributed by atoms with Gasteiger partial charge in [0, 0.05) is 22.1 Å². The molecule has 2 rings (SSSR count). The van der Waals surface area contributed by atoms with Gasteiger partial charge in [-0.05, 0) is 66.4 Å². The van der Waals surface area contributed by atoms with Crippen LogP contribution in [0.3, 0.4) is 0 Å².